The van der Waals surface area contributed by atoms with Crippen molar-refractivity contribution in [2.45, 2.75) is 59.4 Å². The average molecular weight is 446 g/mol. The number of piperazine rings is 1. The molecule has 2 heterocycles. The number of nitrogens with zero attached hydrogens (tertiary/aromatic N) is 4. The smallest absolute Gasteiger partial charge is 0.434 e. The van der Waals surface area contributed by atoms with E-state index in [1.165, 1.54) is 11.8 Å². The third kappa shape index (κ3) is 6.20. The molecule has 0 aromatic carbocycles. The first-order valence-electron chi connectivity index (χ1n) is 10.1. The van der Waals surface area contributed by atoms with Gasteiger partial charge in [-0.15, -0.1) is 0 Å². The van der Waals surface area contributed by atoms with Crippen LogP contribution in [0.25, 0.3) is 0 Å². The summed E-state index contributed by atoms with van der Waals surface area (Å²) in [5.41, 5.74) is -2.73. The largest absolute Gasteiger partial charge is 0.462 e. The normalized spacial score (nSPS) is 17.7. The van der Waals surface area contributed by atoms with Gasteiger partial charge in [-0.05, 0) is 33.6 Å². The Morgan fingerprint density at radius 2 is 1.87 bits per heavy atom. The molecule has 1 atom stereocenters. The van der Waals surface area contributed by atoms with Crippen LogP contribution in [-0.2, 0) is 15.7 Å². The molecule has 1 aromatic rings. The molecule has 0 unspecified atom stereocenters. The van der Waals surface area contributed by atoms with Crippen molar-refractivity contribution in [3.8, 4) is 0 Å². The van der Waals surface area contributed by atoms with Crippen LogP contribution in [0.3, 0.4) is 0 Å². The molecule has 2 rings (SSSR count). The predicted octanol–water partition coefficient (Wildman–Crippen LogP) is 3.75. The van der Waals surface area contributed by atoms with Crippen LogP contribution in [0, 0.1) is 5.92 Å². The van der Waals surface area contributed by atoms with Crippen LogP contribution in [0.5, 0.6) is 0 Å². The van der Waals surface area contributed by atoms with Crippen molar-refractivity contribution in [2.75, 3.05) is 31.1 Å². The highest BCUT2D eigenvalue weighted by atomic mass is 19.4. The van der Waals surface area contributed by atoms with E-state index in [9.17, 15) is 22.8 Å². The SMILES string of the molecule is CCOC(=O)c1cnc(N2CCN(C(=O)OC(C)(C)C)C[C@H]2C(C)C)nc1C(F)(F)F. The van der Waals surface area contributed by atoms with E-state index < -0.39 is 35.1 Å². The fourth-order valence-electron chi connectivity index (χ4n) is 3.21. The van der Waals surface area contributed by atoms with Gasteiger partial charge in [0.05, 0.1) is 12.6 Å². The molecule has 0 saturated carbocycles. The summed E-state index contributed by atoms with van der Waals surface area (Å²) >= 11 is 0. The molecule has 0 radical (unpaired) electrons. The molecule has 1 fully saturated rings. The highest BCUT2D eigenvalue weighted by molar-refractivity contribution is 5.90. The van der Waals surface area contributed by atoms with E-state index in [2.05, 4.69) is 9.97 Å². The van der Waals surface area contributed by atoms with Gasteiger partial charge in [0.15, 0.2) is 5.69 Å². The Morgan fingerprint density at radius 1 is 1.23 bits per heavy atom. The number of alkyl halides is 3. The highest BCUT2D eigenvalue weighted by Crippen LogP contribution is 2.33. The van der Waals surface area contributed by atoms with Crippen molar-refractivity contribution < 1.29 is 32.2 Å². The summed E-state index contributed by atoms with van der Waals surface area (Å²) < 4.78 is 50.9. The number of halogens is 3. The van der Waals surface area contributed by atoms with Crippen LogP contribution in [-0.4, -0.2) is 64.8 Å². The maximum absolute atomic E-state index is 13.6. The molecule has 1 amide bonds. The molecule has 0 aliphatic carbocycles. The minimum atomic E-state index is -4.86. The molecule has 1 aromatic heterocycles. The number of hydrogen-bond donors (Lipinski definition) is 0. The lowest BCUT2D eigenvalue weighted by Crippen LogP contribution is -2.58. The Bertz CT molecular complexity index is 809. The molecular formula is C20H29F3N4O4. The Labute approximate surface area is 179 Å². The zero-order chi connectivity index (χ0) is 23.6. The Balaban J connectivity index is 2.34. The Morgan fingerprint density at radius 3 is 2.39 bits per heavy atom. The van der Waals surface area contributed by atoms with Gasteiger partial charge in [0.2, 0.25) is 5.95 Å². The predicted molar refractivity (Wildman–Crippen MR) is 107 cm³/mol. The number of anilines is 1. The van der Waals surface area contributed by atoms with E-state index in [0.717, 1.165) is 6.20 Å². The van der Waals surface area contributed by atoms with Crippen molar-refractivity contribution in [3.63, 3.8) is 0 Å². The number of carbonyl (C=O) groups is 2. The van der Waals surface area contributed by atoms with Crippen LogP contribution < -0.4 is 4.90 Å². The summed E-state index contributed by atoms with van der Waals surface area (Å²) in [5, 5.41) is 0. The molecule has 174 valence electrons. The second kappa shape index (κ2) is 9.27. The van der Waals surface area contributed by atoms with Crippen molar-refractivity contribution in [1.82, 2.24) is 14.9 Å². The molecule has 0 bridgehead atoms. The van der Waals surface area contributed by atoms with Crippen molar-refractivity contribution in [1.29, 1.82) is 0 Å². The van der Waals surface area contributed by atoms with Crippen molar-refractivity contribution in [2.24, 2.45) is 5.92 Å². The molecule has 0 N–H and O–H groups in total. The standard InChI is InChI=1S/C20H29F3N4O4/c1-7-30-16(28)13-10-24-17(25-15(13)20(21,22)23)27-9-8-26(11-14(27)12(2)3)18(29)31-19(4,5)6/h10,12,14H,7-9,11H2,1-6H3/t14-/m0/s1. The first-order valence-corrected chi connectivity index (χ1v) is 10.1. The van der Waals surface area contributed by atoms with Crippen molar-refractivity contribution in [3.05, 3.63) is 17.5 Å². The van der Waals surface area contributed by atoms with Gasteiger partial charge in [-0.2, -0.15) is 13.2 Å². The number of amides is 1. The average Bonchev–Trinajstić information content (AvgIpc) is 2.65. The summed E-state index contributed by atoms with van der Waals surface area (Å²) in [4.78, 5) is 35.3. The first kappa shape index (κ1) is 24.7. The second-order valence-corrected chi connectivity index (χ2v) is 8.58. The number of carbonyl (C=O) groups excluding carboxylic acids is 2. The molecule has 0 spiro atoms. The number of ether oxygens (including phenoxy) is 2. The van der Waals surface area contributed by atoms with Gasteiger partial charge in [-0.1, -0.05) is 13.8 Å². The minimum Gasteiger partial charge on any atom is -0.462 e. The number of aromatic nitrogens is 2. The van der Waals surface area contributed by atoms with Gasteiger partial charge >= 0.3 is 18.2 Å². The van der Waals surface area contributed by atoms with Crippen LogP contribution in [0.15, 0.2) is 6.20 Å². The maximum Gasteiger partial charge on any atom is 0.434 e. The van der Waals surface area contributed by atoms with Gasteiger partial charge in [0, 0.05) is 25.8 Å². The van der Waals surface area contributed by atoms with E-state index in [4.69, 9.17) is 9.47 Å². The minimum absolute atomic E-state index is 0.0205. The van der Waals surface area contributed by atoms with Gasteiger partial charge in [0.1, 0.15) is 11.2 Å². The molecule has 11 heteroatoms. The molecule has 31 heavy (non-hydrogen) atoms. The maximum atomic E-state index is 13.6. The van der Waals surface area contributed by atoms with E-state index in [1.54, 1.807) is 25.7 Å². The first-order chi connectivity index (χ1) is 14.2. The molecule has 1 saturated heterocycles. The Hall–Kier alpha value is -2.59. The summed E-state index contributed by atoms with van der Waals surface area (Å²) in [6.45, 7) is 11.2. The zero-order valence-corrected chi connectivity index (χ0v) is 18.6. The molecule has 1 aliphatic heterocycles. The summed E-state index contributed by atoms with van der Waals surface area (Å²) in [6.07, 6.45) is -4.49. The van der Waals surface area contributed by atoms with E-state index in [0.29, 0.717) is 0 Å². The lowest BCUT2D eigenvalue weighted by atomic mass is 10.00. The van der Waals surface area contributed by atoms with Crippen LogP contribution in [0.4, 0.5) is 23.9 Å². The van der Waals surface area contributed by atoms with E-state index >= 15 is 0 Å². The summed E-state index contributed by atoms with van der Waals surface area (Å²) in [7, 11) is 0. The lowest BCUT2D eigenvalue weighted by molar-refractivity contribution is -0.141. The second-order valence-electron chi connectivity index (χ2n) is 8.58. The number of hydrogen-bond acceptors (Lipinski definition) is 7. The topological polar surface area (TPSA) is 84.9 Å². The quantitative estimate of drug-likeness (QED) is 0.651. The lowest BCUT2D eigenvalue weighted by Gasteiger charge is -2.43. The number of rotatable bonds is 4. The third-order valence-corrected chi connectivity index (χ3v) is 4.64. The van der Waals surface area contributed by atoms with E-state index in [-0.39, 0.29) is 44.1 Å². The molecular weight excluding hydrogens is 417 g/mol. The summed E-state index contributed by atoms with van der Waals surface area (Å²) in [6, 6.07) is -0.337. The molecule has 8 nitrogen and oxygen atoms in total. The van der Waals surface area contributed by atoms with E-state index in [1.807, 2.05) is 13.8 Å². The number of esters is 1. The van der Waals surface area contributed by atoms with Crippen LogP contribution >= 0.6 is 0 Å². The third-order valence-electron chi connectivity index (χ3n) is 4.64. The van der Waals surface area contributed by atoms with Gasteiger partial charge < -0.3 is 19.3 Å². The highest BCUT2D eigenvalue weighted by Gasteiger charge is 2.41. The fraction of sp³-hybridized carbons (Fsp3) is 0.700. The Kier molecular flexibility index (Phi) is 7.38. The van der Waals surface area contributed by atoms with Crippen molar-refractivity contribution >= 4 is 18.0 Å². The summed E-state index contributed by atoms with van der Waals surface area (Å²) in [5.74, 6) is -1.30. The monoisotopic (exact) mass is 446 g/mol. The van der Waals surface area contributed by atoms with Crippen LogP contribution in [0.2, 0.25) is 0 Å². The van der Waals surface area contributed by atoms with Gasteiger partial charge in [0.25, 0.3) is 0 Å². The zero-order valence-electron chi connectivity index (χ0n) is 18.6. The van der Waals surface area contributed by atoms with Gasteiger partial charge in [-0.3, -0.25) is 0 Å². The molecule has 1 aliphatic rings. The van der Waals surface area contributed by atoms with Crippen LogP contribution in [0.1, 0.15) is 57.6 Å². The van der Waals surface area contributed by atoms with Gasteiger partial charge in [-0.25, -0.2) is 19.6 Å². The fourth-order valence-corrected chi connectivity index (χ4v) is 3.21.